The SMILES string of the molecule is CN1CCC(Oc2ccc(-c3nccc(NCCCN4CCOCC4)n3)cc2)C1. The summed E-state index contributed by atoms with van der Waals surface area (Å²) in [5.74, 6) is 2.51. The fourth-order valence-corrected chi connectivity index (χ4v) is 3.81. The van der Waals surface area contributed by atoms with Crippen LogP contribution in [0.5, 0.6) is 5.75 Å². The van der Waals surface area contributed by atoms with Crippen molar-refractivity contribution in [3.05, 3.63) is 36.5 Å². The zero-order valence-corrected chi connectivity index (χ0v) is 17.2. The smallest absolute Gasteiger partial charge is 0.161 e. The fourth-order valence-electron chi connectivity index (χ4n) is 3.81. The first-order valence-electron chi connectivity index (χ1n) is 10.6. The number of likely N-dealkylation sites (tertiary alicyclic amines) is 1. The number of likely N-dealkylation sites (N-methyl/N-ethyl adjacent to an activating group) is 1. The number of rotatable bonds is 8. The Kier molecular flexibility index (Phi) is 6.92. The Morgan fingerprint density at radius 2 is 1.97 bits per heavy atom. The normalized spacial score (nSPS) is 20.7. The van der Waals surface area contributed by atoms with Crippen LogP contribution in [-0.2, 0) is 4.74 Å². The summed E-state index contributed by atoms with van der Waals surface area (Å²) in [7, 11) is 2.13. The van der Waals surface area contributed by atoms with Gasteiger partial charge in [0.05, 0.1) is 13.2 Å². The first kappa shape index (κ1) is 20.1. The molecule has 7 heteroatoms. The van der Waals surface area contributed by atoms with Crippen molar-refractivity contribution in [3.8, 4) is 17.1 Å². The molecule has 0 saturated carbocycles. The van der Waals surface area contributed by atoms with Gasteiger partial charge in [0.1, 0.15) is 17.7 Å². The van der Waals surface area contributed by atoms with E-state index in [0.717, 1.165) is 88.3 Å². The zero-order valence-electron chi connectivity index (χ0n) is 17.2. The molecule has 2 fully saturated rings. The minimum atomic E-state index is 0.284. The number of benzene rings is 1. The van der Waals surface area contributed by atoms with Crippen LogP contribution in [0.1, 0.15) is 12.8 Å². The highest BCUT2D eigenvalue weighted by atomic mass is 16.5. The zero-order chi connectivity index (χ0) is 19.9. The molecule has 1 unspecified atom stereocenters. The van der Waals surface area contributed by atoms with E-state index < -0.39 is 0 Å². The highest BCUT2D eigenvalue weighted by molar-refractivity contribution is 5.58. The number of nitrogens with zero attached hydrogens (tertiary/aromatic N) is 4. The monoisotopic (exact) mass is 397 g/mol. The van der Waals surface area contributed by atoms with Crippen LogP contribution in [0.4, 0.5) is 5.82 Å². The van der Waals surface area contributed by atoms with Crippen LogP contribution >= 0.6 is 0 Å². The Morgan fingerprint density at radius 3 is 2.72 bits per heavy atom. The number of hydrogen-bond donors (Lipinski definition) is 1. The van der Waals surface area contributed by atoms with E-state index >= 15 is 0 Å². The van der Waals surface area contributed by atoms with E-state index in [-0.39, 0.29) is 6.10 Å². The second-order valence-corrected chi connectivity index (χ2v) is 7.81. The van der Waals surface area contributed by atoms with Gasteiger partial charge in [0.2, 0.25) is 0 Å². The predicted molar refractivity (Wildman–Crippen MR) is 114 cm³/mol. The Morgan fingerprint density at radius 1 is 1.14 bits per heavy atom. The van der Waals surface area contributed by atoms with Gasteiger partial charge in [0.15, 0.2) is 5.82 Å². The van der Waals surface area contributed by atoms with Crippen molar-refractivity contribution in [2.75, 3.05) is 64.8 Å². The quantitative estimate of drug-likeness (QED) is 0.686. The summed E-state index contributed by atoms with van der Waals surface area (Å²) in [6.07, 6.45) is 4.26. The summed E-state index contributed by atoms with van der Waals surface area (Å²) >= 11 is 0. The van der Waals surface area contributed by atoms with Gasteiger partial charge in [0.25, 0.3) is 0 Å². The molecule has 1 atom stereocenters. The van der Waals surface area contributed by atoms with Gasteiger partial charge in [-0.1, -0.05) is 0 Å². The van der Waals surface area contributed by atoms with Crippen molar-refractivity contribution < 1.29 is 9.47 Å². The van der Waals surface area contributed by atoms with Crippen LogP contribution in [0, 0.1) is 0 Å². The molecule has 1 N–H and O–H groups in total. The van der Waals surface area contributed by atoms with E-state index in [1.807, 2.05) is 36.5 Å². The number of morpholine rings is 1. The number of anilines is 1. The lowest BCUT2D eigenvalue weighted by molar-refractivity contribution is 0.0378. The molecule has 3 heterocycles. The second kappa shape index (κ2) is 10.0. The molecule has 29 heavy (non-hydrogen) atoms. The summed E-state index contributed by atoms with van der Waals surface area (Å²) in [6, 6.07) is 10.0. The van der Waals surface area contributed by atoms with Gasteiger partial charge in [-0.15, -0.1) is 0 Å². The summed E-state index contributed by atoms with van der Waals surface area (Å²) in [6.45, 7) is 7.86. The molecule has 2 aromatic rings. The van der Waals surface area contributed by atoms with Gasteiger partial charge in [0, 0.05) is 44.5 Å². The Hall–Kier alpha value is -2.22. The lowest BCUT2D eigenvalue weighted by atomic mass is 10.2. The van der Waals surface area contributed by atoms with Crippen LogP contribution in [-0.4, -0.2) is 85.4 Å². The lowest BCUT2D eigenvalue weighted by Crippen LogP contribution is -2.37. The van der Waals surface area contributed by atoms with Crippen molar-refractivity contribution in [3.63, 3.8) is 0 Å². The largest absolute Gasteiger partial charge is 0.489 e. The van der Waals surface area contributed by atoms with Crippen molar-refractivity contribution >= 4 is 5.82 Å². The highest BCUT2D eigenvalue weighted by Gasteiger charge is 2.20. The molecule has 0 spiro atoms. The van der Waals surface area contributed by atoms with Crippen molar-refractivity contribution in [1.82, 2.24) is 19.8 Å². The fraction of sp³-hybridized carbons (Fsp3) is 0.545. The Labute approximate surface area is 173 Å². The molecule has 2 aliphatic rings. The number of nitrogens with one attached hydrogen (secondary N) is 1. The third-order valence-electron chi connectivity index (χ3n) is 5.48. The van der Waals surface area contributed by atoms with Gasteiger partial charge in [-0.3, -0.25) is 4.90 Å². The number of ether oxygens (including phenoxy) is 2. The summed E-state index contributed by atoms with van der Waals surface area (Å²) in [4.78, 5) is 13.8. The van der Waals surface area contributed by atoms with Crippen molar-refractivity contribution in [2.24, 2.45) is 0 Å². The van der Waals surface area contributed by atoms with E-state index in [2.05, 4.69) is 32.1 Å². The first-order valence-corrected chi connectivity index (χ1v) is 10.6. The molecule has 0 amide bonds. The molecule has 7 nitrogen and oxygen atoms in total. The molecule has 0 aliphatic carbocycles. The first-order chi connectivity index (χ1) is 14.3. The van der Waals surface area contributed by atoms with Crippen LogP contribution < -0.4 is 10.1 Å². The molecule has 1 aromatic heterocycles. The predicted octanol–water partition coefficient (Wildman–Crippen LogP) is 2.36. The third-order valence-corrected chi connectivity index (χ3v) is 5.48. The number of aromatic nitrogens is 2. The highest BCUT2D eigenvalue weighted by Crippen LogP contribution is 2.22. The van der Waals surface area contributed by atoms with Crippen LogP contribution in [0.2, 0.25) is 0 Å². The molecule has 4 rings (SSSR count). The molecule has 1 aromatic carbocycles. The van der Waals surface area contributed by atoms with E-state index in [0.29, 0.717) is 0 Å². The van der Waals surface area contributed by atoms with Crippen molar-refractivity contribution in [2.45, 2.75) is 18.9 Å². The van der Waals surface area contributed by atoms with Crippen LogP contribution in [0.15, 0.2) is 36.5 Å². The summed E-state index contributed by atoms with van der Waals surface area (Å²) in [5, 5.41) is 3.42. The van der Waals surface area contributed by atoms with E-state index in [1.165, 1.54) is 0 Å². The maximum absolute atomic E-state index is 6.07. The van der Waals surface area contributed by atoms with Gasteiger partial charge < -0.3 is 19.7 Å². The lowest BCUT2D eigenvalue weighted by Gasteiger charge is -2.26. The maximum atomic E-state index is 6.07. The number of hydrogen-bond acceptors (Lipinski definition) is 7. The van der Waals surface area contributed by atoms with E-state index in [9.17, 15) is 0 Å². The standard InChI is InChI=1S/C22H31N5O2/c1-26-12-8-20(17-26)29-19-5-3-18(4-6-19)22-24-10-7-21(25-22)23-9-2-11-27-13-15-28-16-14-27/h3-7,10,20H,2,8-9,11-17H2,1H3,(H,23,24,25). The van der Waals surface area contributed by atoms with E-state index in [1.54, 1.807) is 0 Å². The molecule has 2 aliphatic heterocycles. The van der Waals surface area contributed by atoms with Gasteiger partial charge in [-0.25, -0.2) is 9.97 Å². The average Bonchev–Trinajstić information content (AvgIpc) is 3.17. The van der Waals surface area contributed by atoms with Crippen LogP contribution in [0.25, 0.3) is 11.4 Å². The minimum absolute atomic E-state index is 0.284. The molecular weight excluding hydrogens is 366 g/mol. The van der Waals surface area contributed by atoms with Gasteiger partial charge in [-0.2, -0.15) is 0 Å². The molecule has 2 saturated heterocycles. The van der Waals surface area contributed by atoms with E-state index in [4.69, 9.17) is 9.47 Å². The van der Waals surface area contributed by atoms with Crippen LogP contribution in [0.3, 0.4) is 0 Å². The average molecular weight is 398 g/mol. The molecule has 0 radical (unpaired) electrons. The maximum Gasteiger partial charge on any atom is 0.161 e. The Balaban J connectivity index is 1.27. The topological polar surface area (TPSA) is 62.8 Å². The van der Waals surface area contributed by atoms with Crippen molar-refractivity contribution in [1.29, 1.82) is 0 Å². The summed E-state index contributed by atoms with van der Waals surface area (Å²) < 4.78 is 11.5. The molecule has 156 valence electrons. The molecule has 0 bridgehead atoms. The third kappa shape index (κ3) is 5.88. The molecular formula is C22H31N5O2. The van der Waals surface area contributed by atoms with Gasteiger partial charge in [-0.05, 0) is 56.8 Å². The second-order valence-electron chi connectivity index (χ2n) is 7.81. The Bertz CT molecular complexity index is 764. The minimum Gasteiger partial charge on any atom is -0.489 e. The summed E-state index contributed by atoms with van der Waals surface area (Å²) in [5.41, 5.74) is 0.998. The van der Waals surface area contributed by atoms with Gasteiger partial charge >= 0.3 is 0 Å².